The maximum atomic E-state index is 11.8. The summed E-state index contributed by atoms with van der Waals surface area (Å²) in [6, 6.07) is 1.89. The van der Waals surface area contributed by atoms with E-state index in [1.807, 2.05) is 19.9 Å². The van der Waals surface area contributed by atoms with Crippen LogP contribution in [0, 0.1) is 6.92 Å². The molecule has 0 aliphatic heterocycles. The van der Waals surface area contributed by atoms with Gasteiger partial charge in [0.1, 0.15) is 0 Å². The van der Waals surface area contributed by atoms with Gasteiger partial charge in [-0.25, -0.2) is 9.97 Å². The van der Waals surface area contributed by atoms with E-state index in [4.69, 9.17) is 5.73 Å². The van der Waals surface area contributed by atoms with Crippen molar-refractivity contribution >= 4 is 17.7 Å². The number of amides is 1. The Bertz CT molecular complexity index is 478. The maximum absolute atomic E-state index is 11.8. The molecule has 20 heavy (non-hydrogen) atoms. The molecule has 5 nitrogen and oxygen atoms in total. The Balaban J connectivity index is 2.08. The lowest BCUT2D eigenvalue weighted by Crippen LogP contribution is -2.58. The monoisotopic (exact) mass is 294 g/mol. The molecule has 1 aromatic heterocycles. The quantitative estimate of drug-likeness (QED) is 0.807. The van der Waals surface area contributed by atoms with Crippen LogP contribution in [0.3, 0.4) is 0 Å². The average molecular weight is 294 g/mol. The van der Waals surface area contributed by atoms with Gasteiger partial charge in [0.05, 0.1) is 5.54 Å². The van der Waals surface area contributed by atoms with Crippen molar-refractivity contribution in [1.29, 1.82) is 0 Å². The van der Waals surface area contributed by atoms with Crippen LogP contribution in [0.15, 0.2) is 17.4 Å². The number of nitrogens with zero attached hydrogens (tertiary/aromatic N) is 2. The molecule has 1 heterocycles. The normalized spacial score (nSPS) is 26.4. The zero-order valence-corrected chi connectivity index (χ0v) is 12.9. The van der Waals surface area contributed by atoms with Crippen LogP contribution in [0.25, 0.3) is 0 Å². The molecule has 2 atom stereocenters. The molecule has 0 saturated heterocycles. The molecule has 0 aromatic carbocycles. The second-order valence-electron chi connectivity index (χ2n) is 5.29. The Morgan fingerprint density at radius 2 is 2.45 bits per heavy atom. The number of hydrogen-bond acceptors (Lipinski definition) is 5. The minimum atomic E-state index is -0.561. The van der Waals surface area contributed by atoms with Crippen molar-refractivity contribution in [1.82, 2.24) is 15.3 Å². The van der Waals surface area contributed by atoms with Crippen LogP contribution >= 0.6 is 11.8 Å². The van der Waals surface area contributed by atoms with Gasteiger partial charge in [-0.05, 0) is 45.2 Å². The number of nitrogens with two attached hydrogens (primary N) is 1. The number of hydrogen-bond donors (Lipinski definition) is 2. The van der Waals surface area contributed by atoms with Gasteiger partial charge < -0.3 is 11.1 Å². The van der Waals surface area contributed by atoms with Crippen molar-refractivity contribution < 1.29 is 4.79 Å². The van der Waals surface area contributed by atoms with Gasteiger partial charge in [-0.2, -0.15) is 0 Å². The van der Waals surface area contributed by atoms with E-state index in [1.165, 1.54) is 0 Å². The topological polar surface area (TPSA) is 80.9 Å². The second kappa shape index (κ2) is 6.54. The molecular weight excluding hydrogens is 272 g/mol. The highest BCUT2D eigenvalue weighted by Crippen LogP contribution is 2.37. The summed E-state index contributed by atoms with van der Waals surface area (Å²) in [7, 11) is 0. The second-order valence-corrected chi connectivity index (χ2v) is 6.56. The first-order valence-corrected chi connectivity index (χ1v) is 7.95. The largest absolute Gasteiger partial charge is 0.368 e. The van der Waals surface area contributed by atoms with Crippen LogP contribution in [0.1, 0.15) is 38.3 Å². The fourth-order valence-corrected chi connectivity index (χ4v) is 4.04. The number of aryl methyl sites for hydroxylation is 1. The van der Waals surface area contributed by atoms with Crippen LogP contribution < -0.4 is 11.1 Å². The Morgan fingerprint density at radius 3 is 3.10 bits per heavy atom. The lowest BCUT2D eigenvalue weighted by molar-refractivity contribution is -0.125. The minimum absolute atomic E-state index is 0.241. The van der Waals surface area contributed by atoms with Crippen molar-refractivity contribution in [2.75, 3.05) is 6.54 Å². The molecule has 2 rings (SSSR count). The van der Waals surface area contributed by atoms with Gasteiger partial charge in [-0.15, -0.1) is 0 Å². The standard InChI is InChI=1S/C14H22N4OS/c1-3-17-14(12(15)19)7-4-5-11(9-14)20-13-16-8-6-10(2)18-13/h6,8,11,17H,3-5,7,9H2,1-2H3,(H2,15,19). The van der Waals surface area contributed by atoms with Crippen molar-refractivity contribution in [3.8, 4) is 0 Å². The van der Waals surface area contributed by atoms with Crippen LogP contribution in [-0.2, 0) is 4.79 Å². The van der Waals surface area contributed by atoms with E-state index in [-0.39, 0.29) is 5.91 Å². The lowest BCUT2D eigenvalue weighted by Gasteiger charge is -2.38. The number of aromatic nitrogens is 2. The van der Waals surface area contributed by atoms with Gasteiger partial charge >= 0.3 is 0 Å². The summed E-state index contributed by atoms with van der Waals surface area (Å²) in [6.07, 6.45) is 5.42. The smallest absolute Gasteiger partial charge is 0.237 e. The third-order valence-corrected chi connectivity index (χ3v) is 4.88. The van der Waals surface area contributed by atoms with Crippen molar-refractivity contribution in [2.24, 2.45) is 5.73 Å². The molecule has 1 amide bonds. The van der Waals surface area contributed by atoms with E-state index < -0.39 is 5.54 Å². The summed E-state index contributed by atoms with van der Waals surface area (Å²) in [5, 5.41) is 4.41. The Labute approximate surface area is 124 Å². The van der Waals surface area contributed by atoms with Crippen molar-refractivity contribution in [3.05, 3.63) is 18.0 Å². The lowest BCUT2D eigenvalue weighted by atomic mass is 9.80. The highest BCUT2D eigenvalue weighted by atomic mass is 32.2. The van der Waals surface area contributed by atoms with Gasteiger partial charge in [-0.1, -0.05) is 18.7 Å². The highest BCUT2D eigenvalue weighted by Gasteiger charge is 2.41. The van der Waals surface area contributed by atoms with E-state index >= 15 is 0 Å². The molecule has 0 bridgehead atoms. The predicted molar refractivity (Wildman–Crippen MR) is 80.5 cm³/mol. The molecule has 1 aliphatic carbocycles. The fourth-order valence-electron chi connectivity index (χ4n) is 2.77. The Kier molecular flexibility index (Phi) is 4.99. The summed E-state index contributed by atoms with van der Waals surface area (Å²) in [4.78, 5) is 20.5. The third-order valence-electron chi connectivity index (χ3n) is 3.74. The number of rotatable bonds is 5. The number of carbonyl (C=O) groups is 1. The van der Waals surface area contributed by atoms with E-state index in [9.17, 15) is 4.79 Å². The molecule has 110 valence electrons. The van der Waals surface area contributed by atoms with Gasteiger partial charge in [-0.3, -0.25) is 4.79 Å². The van der Waals surface area contributed by atoms with Gasteiger partial charge in [0.15, 0.2) is 5.16 Å². The first-order valence-electron chi connectivity index (χ1n) is 7.07. The molecule has 1 fully saturated rings. The van der Waals surface area contributed by atoms with Gasteiger partial charge in [0, 0.05) is 17.1 Å². The summed E-state index contributed by atoms with van der Waals surface area (Å²) in [5.74, 6) is -0.241. The first-order chi connectivity index (χ1) is 9.55. The number of thioether (sulfide) groups is 1. The molecule has 6 heteroatoms. The average Bonchev–Trinajstić information content (AvgIpc) is 2.39. The summed E-state index contributed by atoms with van der Waals surface area (Å²) in [6.45, 7) is 4.71. The molecule has 0 radical (unpaired) electrons. The van der Waals surface area contributed by atoms with E-state index in [1.54, 1.807) is 18.0 Å². The van der Waals surface area contributed by atoms with E-state index in [0.717, 1.165) is 43.1 Å². The minimum Gasteiger partial charge on any atom is -0.368 e. The van der Waals surface area contributed by atoms with E-state index in [2.05, 4.69) is 15.3 Å². The van der Waals surface area contributed by atoms with Crippen LogP contribution in [0.4, 0.5) is 0 Å². The Morgan fingerprint density at radius 1 is 1.65 bits per heavy atom. The first kappa shape index (κ1) is 15.3. The number of likely N-dealkylation sites (N-methyl/N-ethyl adjacent to an activating group) is 1. The van der Waals surface area contributed by atoms with Crippen LogP contribution in [0.5, 0.6) is 0 Å². The van der Waals surface area contributed by atoms with Gasteiger partial charge in [0.2, 0.25) is 5.91 Å². The molecule has 1 aromatic rings. The fraction of sp³-hybridized carbons (Fsp3) is 0.643. The molecule has 2 unspecified atom stereocenters. The summed E-state index contributed by atoms with van der Waals surface area (Å²) >= 11 is 1.65. The zero-order chi connectivity index (χ0) is 14.6. The SMILES string of the molecule is CCNC1(C(N)=O)CCCC(Sc2nccc(C)n2)C1. The van der Waals surface area contributed by atoms with Crippen molar-refractivity contribution in [3.63, 3.8) is 0 Å². The summed E-state index contributed by atoms with van der Waals surface area (Å²) in [5.41, 5.74) is 6.03. The molecule has 1 aliphatic rings. The molecule has 3 N–H and O–H groups in total. The molecular formula is C14H22N4OS. The number of nitrogens with one attached hydrogen (secondary N) is 1. The third kappa shape index (κ3) is 3.49. The highest BCUT2D eigenvalue weighted by molar-refractivity contribution is 7.99. The van der Waals surface area contributed by atoms with Crippen LogP contribution in [-0.4, -0.2) is 33.2 Å². The van der Waals surface area contributed by atoms with Gasteiger partial charge in [0.25, 0.3) is 0 Å². The number of primary amides is 1. The number of carbonyl (C=O) groups excluding carboxylic acids is 1. The zero-order valence-electron chi connectivity index (χ0n) is 12.1. The van der Waals surface area contributed by atoms with Crippen LogP contribution in [0.2, 0.25) is 0 Å². The maximum Gasteiger partial charge on any atom is 0.237 e. The summed E-state index contributed by atoms with van der Waals surface area (Å²) < 4.78 is 0. The molecule has 1 saturated carbocycles. The Hall–Kier alpha value is -1.14. The molecule has 0 spiro atoms. The predicted octanol–water partition coefficient (Wildman–Crippen LogP) is 1.65. The van der Waals surface area contributed by atoms with E-state index in [0.29, 0.717) is 5.25 Å². The van der Waals surface area contributed by atoms with Crippen molar-refractivity contribution in [2.45, 2.75) is 55.5 Å².